The lowest BCUT2D eigenvalue weighted by atomic mass is 9.93. The van der Waals surface area contributed by atoms with Gasteiger partial charge in [0, 0.05) is 30.8 Å². The van der Waals surface area contributed by atoms with Crippen LogP contribution in [-0.4, -0.2) is 79.0 Å². The van der Waals surface area contributed by atoms with E-state index in [-0.39, 0.29) is 23.7 Å². The van der Waals surface area contributed by atoms with E-state index < -0.39 is 10.8 Å². The lowest BCUT2D eigenvalue weighted by molar-refractivity contribution is -0.384. The van der Waals surface area contributed by atoms with E-state index in [1.54, 1.807) is 0 Å². The van der Waals surface area contributed by atoms with Crippen LogP contribution in [0.15, 0.2) is 24.3 Å². The highest BCUT2D eigenvalue weighted by Gasteiger charge is 2.22. The summed E-state index contributed by atoms with van der Waals surface area (Å²) in [6.45, 7) is 6.72. The summed E-state index contributed by atoms with van der Waals surface area (Å²) in [5, 5.41) is 10.8. The number of amides is 2. The molecule has 0 bridgehead atoms. The number of nitrogens with zero attached hydrogens (tertiary/aromatic N) is 3. The first-order chi connectivity index (χ1) is 14.5. The number of non-ortho nitro benzene ring substituents is 1. The van der Waals surface area contributed by atoms with Gasteiger partial charge in [0.1, 0.15) is 0 Å². The van der Waals surface area contributed by atoms with Crippen LogP contribution in [0, 0.1) is 16.0 Å². The molecule has 30 heavy (non-hydrogen) atoms. The number of carbonyl (C=O) groups is 2. The number of hydrogen-bond donors (Lipinski definition) is 2. The molecule has 1 aromatic carbocycles. The summed E-state index contributed by atoms with van der Waals surface area (Å²) < 4.78 is 5.38. The van der Waals surface area contributed by atoms with Crippen LogP contribution in [0.1, 0.15) is 29.6 Å². The van der Waals surface area contributed by atoms with Gasteiger partial charge in [0.2, 0.25) is 0 Å². The smallest absolute Gasteiger partial charge is 0.270 e. The van der Waals surface area contributed by atoms with E-state index >= 15 is 0 Å². The topological polar surface area (TPSA) is 117 Å². The predicted octanol–water partition coefficient (Wildman–Crippen LogP) is 0.790. The van der Waals surface area contributed by atoms with Gasteiger partial charge in [0.25, 0.3) is 17.5 Å². The number of rotatable bonds is 7. The molecule has 2 aliphatic heterocycles. The van der Waals surface area contributed by atoms with Gasteiger partial charge < -0.3 is 4.74 Å². The number of morpholine rings is 1. The average molecular weight is 419 g/mol. The Hall–Kier alpha value is -2.56. The summed E-state index contributed by atoms with van der Waals surface area (Å²) in [5.74, 6) is -0.213. The molecule has 2 aliphatic rings. The molecule has 0 unspecified atom stereocenters. The van der Waals surface area contributed by atoms with Gasteiger partial charge in [-0.15, -0.1) is 0 Å². The minimum atomic E-state index is -0.589. The molecule has 1 aromatic rings. The summed E-state index contributed by atoms with van der Waals surface area (Å²) in [5.41, 5.74) is 4.64. The van der Waals surface area contributed by atoms with Gasteiger partial charge >= 0.3 is 0 Å². The molecular formula is C20H29N5O5. The van der Waals surface area contributed by atoms with Crippen molar-refractivity contribution in [3.63, 3.8) is 0 Å². The van der Waals surface area contributed by atoms with Crippen molar-refractivity contribution in [1.82, 2.24) is 20.7 Å². The van der Waals surface area contributed by atoms with E-state index in [2.05, 4.69) is 20.7 Å². The normalized spacial score (nSPS) is 18.7. The number of carbonyl (C=O) groups excluding carboxylic acids is 2. The molecule has 0 radical (unpaired) electrons. The number of likely N-dealkylation sites (tertiary alicyclic amines) is 1. The number of nitrogens with one attached hydrogen (secondary N) is 2. The van der Waals surface area contributed by atoms with E-state index in [4.69, 9.17) is 4.74 Å². The molecule has 10 heteroatoms. The molecule has 3 rings (SSSR count). The predicted molar refractivity (Wildman–Crippen MR) is 110 cm³/mol. The van der Waals surface area contributed by atoms with Crippen LogP contribution < -0.4 is 10.9 Å². The fourth-order valence-corrected chi connectivity index (χ4v) is 3.83. The second-order valence-electron chi connectivity index (χ2n) is 7.77. The third kappa shape index (κ3) is 6.75. The van der Waals surface area contributed by atoms with E-state index in [1.807, 2.05) is 0 Å². The largest absolute Gasteiger partial charge is 0.379 e. The Kier molecular flexibility index (Phi) is 8.12. The number of nitro groups is 1. The van der Waals surface area contributed by atoms with Crippen molar-refractivity contribution in [2.75, 3.05) is 52.5 Å². The number of hydrazine groups is 1. The van der Waals surface area contributed by atoms with Crippen molar-refractivity contribution in [1.29, 1.82) is 0 Å². The summed E-state index contributed by atoms with van der Waals surface area (Å²) in [6.07, 6.45) is 3.31. The summed E-state index contributed by atoms with van der Waals surface area (Å²) >= 11 is 0. The molecule has 0 aliphatic carbocycles. The highest BCUT2D eigenvalue weighted by atomic mass is 16.6. The molecule has 0 atom stereocenters. The molecule has 164 valence electrons. The minimum Gasteiger partial charge on any atom is -0.379 e. The molecule has 2 heterocycles. The Bertz CT molecular complexity index is 745. The van der Waals surface area contributed by atoms with Gasteiger partial charge in [-0.3, -0.25) is 40.4 Å². The lowest BCUT2D eigenvalue weighted by Gasteiger charge is -2.33. The van der Waals surface area contributed by atoms with Crippen LogP contribution in [0.25, 0.3) is 0 Å². The van der Waals surface area contributed by atoms with Gasteiger partial charge in [-0.05, 0) is 50.9 Å². The highest BCUT2D eigenvalue weighted by molar-refractivity contribution is 5.96. The monoisotopic (exact) mass is 419 g/mol. The second-order valence-corrected chi connectivity index (χ2v) is 7.77. The first-order valence-corrected chi connectivity index (χ1v) is 10.4. The Morgan fingerprint density at radius 3 is 2.53 bits per heavy atom. The van der Waals surface area contributed by atoms with E-state index in [0.29, 0.717) is 5.92 Å². The minimum absolute atomic E-state index is 0.116. The lowest BCUT2D eigenvalue weighted by Crippen LogP contribution is -2.48. The molecular weight excluding hydrogens is 390 g/mol. The van der Waals surface area contributed by atoms with Crippen molar-refractivity contribution in [3.05, 3.63) is 39.9 Å². The molecule has 2 saturated heterocycles. The van der Waals surface area contributed by atoms with Crippen molar-refractivity contribution in [3.8, 4) is 0 Å². The third-order valence-corrected chi connectivity index (χ3v) is 5.67. The first-order valence-electron chi connectivity index (χ1n) is 10.4. The number of hydrogen-bond acceptors (Lipinski definition) is 7. The van der Waals surface area contributed by atoms with Crippen molar-refractivity contribution < 1.29 is 19.2 Å². The number of benzene rings is 1. The molecule has 0 spiro atoms. The summed E-state index contributed by atoms with van der Waals surface area (Å²) in [4.78, 5) is 39.0. The highest BCUT2D eigenvalue weighted by Crippen LogP contribution is 2.21. The Labute approximate surface area is 175 Å². The first kappa shape index (κ1) is 22.1. The zero-order chi connectivity index (χ0) is 21.3. The van der Waals surface area contributed by atoms with E-state index in [9.17, 15) is 19.7 Å². The van der Waals surface area contributed by atoms with Crippen LogP contribution in [0.4, 0.5) is 5.69 Å². The van der Waals surface area contributed by atoms with Gasteiger partial charge in [-0.1, -0.05) is 6.07 Å². The third-order valence-electron chi connectivity index (χ3n) is 5.67. The molecule has 0 saturated carbocycles. The quantitative estimate of drug-likeness (QED) is 0.496. The van der Waals surface area contributed by atoms with E-state index in [0.717, 1.165) is 58.8 Å². The molecule has 0 aromatic heterocycles. The van der Waals surface area contributed by atoms with Gasteiger partial charge in [0.05, 0.1) is 24.7 Å². The second kappa shape index (κ2) is 11.0. The molecule has 2 N–H and O–H groups in total. The van der Waals surface area contributed by atoms with Gasteiger partial charge in [0.15, 0.2) is 0 Å². The van der Waals surface area contributed by atoms with Crippen molar-refractivity contribution in [2.45, 2.75) is 19.3 Å². The van der Waals surface area contributed by atoms with Crippen LogP contribution in [0.3, 0.4) is 0 Å². The van der Waals surface area contributed by atoms with Crippen molar-refractivity contribution in [2.24, 2.45) is 5.92 Å². The SMILES string of the molecule is O=C(CN1CCC(CCN2CCOCC2)CC1)NNC(=O)c1cccc([N+](=O)[O-])c1. The number of piperidine rings is 1. The van der Waals surface area contributed by atoms with Crippen LogP contribution in [0.2, 0.25) is 0 Å². The van der Waals surface area contributed by atoms with Crippen LogP contribution >= 0.6 is 0 Å². The molecule has 10 nitrogen and oxygen atoms in total. The Morgan fingerprint density at radius 2 is 1.83 bits per heavy atom. The molecule has 2 amide bonds. The Balaban J connectivity index is 1.33. The fraction of sp³-hybridized carbons (Fsp3) is 0.600. The number of ether oxygens (including phenoxy) is 1. The van der Waals surface area contributed by atoms with Gasteiger partial charge in [-0.2, -0.15) is 0 Å². The van der Waals surface area contributed by atoms with Gasteiger partial charge in [-0.25, -0.2) is 0 Å². The maximum absolute atomic E-state index is 12.1. The average Bonchev–Trinajstić information content (AvgIpc) is 2.78. The van der Waals surface area contributed by atoms with E-state index in [1.165, 1.54) is 30.7 Å². The standard InChI is InChI=1S/C20H29N5O5/c26-19(21-22-20(27)17-2-1-3-18(14-17)25(28)29)15-24-8-5-16(6-9-24)4-7-23-10-12-30-13-11-23/h1-3,14,16H,4-13,15H2,(H,21,26)(H,22,27). The van der Waals surface area contributed by atoms with Crippen LogP contribution in [0.5, 0.6) is 0 Å². The summed E-state index contributed by atoms with van der Waals surface area (Å²) in [6, 6.07) is 5.36. The van der Waals surface area contributed by atoms with Crippen LogP contribution in [-0.2, 0) is 9.53 Å². The maximum Gasteiger partial charge on any atom is 0.270 e. The molecule has 2 fully saturated rings. The Morgan fingerprint density at radius 1 is 1.10 bits per heavy atom. The van der Waals surface area contributed by atoms with Crippen molar-refractivity contribution >= 4 is 17.5 Å². The summed E-state index contributed by atoms with van der Waals surface area (Å²) in [7, 11) is 0. The zero-order valence-electron chi connectivity index (χ0n) is 17.0. The zero-order valence-corrected chi connectivity index (χ0v) is 17.0. The maximum atomic E-state index is 12.1. The number of nitro benzene ring substituents is 1. The fourth-order valence-electron chi connectivity index (χ4n) is 3.83.